The number of aryl methyl sites for hydroxylation is 1. The number of benzene rings is 2. The Bertz CT molecular complexity index is 716. The zero-order valence-corrected chi connectivity index (χ0v) is 11.4. The SMILES string of the molecule is C[n+]1c(C=COc2ccccc2)sc2ccccc21. The Kier molecular flexibility index (Phi) is 3.29. The molecule has 3 aromatic rings. The van der Waals surface area contributed by atoms with E-state index >= 15 is 0 Å². The van der Waals surface area contributed by atoms with Crippen LogP contribution in [0.15, 0.2) is 60.9 Å². The van der Waals surface area contributed by atoms with Gasteiger partial charge in [-0.2, -0.15) is 4.57 Å². The molecule has 2 nitrogen and oxygen atoms in total. The maximum absolute atomic E-state index is 5.57. The van der Waals surface area contributed by atoms with Crippen LogP contribution in [0.5, 0.6) is 5.75 Å². The van der Waals surface area contributed by atoms with Crippen molar-refractivity contribution in [3.8, 4) is 5.75 Å². The summed E-state index contributed by atoms with van der Waals surface area (Å²) in [7, 11) is 2.07. The highest BCUT2D eigenvalue weighted by atomic mass is 32.1. The fourth-order valence-electron chi connectivity index (χ4n) is 1.94. The number of nitrogens with zero attached hydrogens (tertiary/aromatic N) is 1. The van der Waals surface area contributed by atoms with Crippen molar-refractivity contribution >= 4 is 27.6 Å². The van der Waals surface area contributed by atoms with E-state index in [4.69, 9.17) is 4.74 Å². The molecule has 0 saturated carbocycles. The average Bonchev–Trinajstić information content (AvgIpc) is 2.78. The van der Waals surface area contributed by atoms with Gasteiger partial charge in [0.2, 0.25) is 5.52 Å². The second-order valence-electron chi connectivity index (χ2n) is 4.20. The third-order valence-electron chi connectivity index (χ3n) is 2.93. The third kappa shape index (κ3) is 2.51. The van der Waals surface area contributed by atoms with Gasteiger partial charge in [-0.1, -0.05) is 41.7 Å². The molecule has 0 bridgehead atoms. The van der Waals surface area contributed by atoms with Crippen LogP contribution in [-0.2, 0) is 7.05 Å². The molecule has 0 atom stereocenters. The van der Waals surface area contributed by atoms with Gasteiger partial charge in [0.25, 0.3) is 5.01 Å². The second kappa shape index (κ2) is 5.24. The fourth-order valence-corrected chi connectivity index (χ4v) is 2.98. The molecule has 94 valence electrons. The van der Waals surface area contributed by atoms with Gasteiger partial charge in [0.1, 0.15) is 17.5 Å². The zero-order valence-electron chi connectivity index (χ0n) is 10.6. The Morgan fingerprint density at radius 3 is 2.53 bits per heavy atom. The summed E-state index contributed by atoms with van der Waals surface area (Å²) < 4.78 is 9.03. The summed E-state index contributed by atoms with van der Waals surface area (Å²) in [5.74, 6) is 0.850. The molecule has 1 aromatic heterocycles. The molecule has 0 aliphatic carbocycles. The smallest absolute Gasteiger partial charge is 0.265 e. The highest BCUT2D eigenvalue weighted by Crippen LogP contribution is 2.20. The van der Waals surface area contributed by atoms with Gasteiger partial charge < -0.3 is 4.74 Å². The van der Waals surface area contributed by atoms with E-state index in [0.717, 1.165) is 10.8 Å². The van der Waals surface area contributed by atoms with Crippen LogP contribution in [0.2, 0.25) is 0 Å². The Morgan fingerprint density at radius 1 is 1.00 bits per heavy atom. The molecule has 0 N–H and O–H groups in total. The molecule has 2 aromatic carbocycles. The quantitative estimate of drug-likeness (QED) is 0.520. The molecule has 0 radical (unpaired) electrons. The van der Waals surface area contributed by atoms with E-state index in [1.807, 2.05) is 36.4 Å². The zero-order chi connectivity index (χ0) is 13.1. The minimum atomic E-state index is 0.850. The fraction of sp³-hybridized carbons (Fsp3) is 0.0625. The van der Waals surface area contributed by atoms with Crippen LogP contribution in [0.25, 0.3) is 16.3 Å². The van der Waals surface area contributed by atoms with Crippen molar-refractivity contribution in [3.63, 3.8) is 0 Å². The van der Waals surface area contributed by atoms with Gasteiger partial charge in [0.15, 0.2) is 0 Å². The van der Waals surface area contributed by atoms with Crippen molar-refractivity contribution in [3.05, 3.63) is 65.9 Å². The molecule has 0 unspecified atom stereocenters. The lowest BCUT2D eigenvalue weighted by Gasteiger charge is -1.96. The van der Waals surface area contributed by atoms with Gasteiger partial charge in [0.05, 0.1) is 12.3 Å². The Balaban J connectivity index is 1.83. The molecule has 1 heterocycles. The van der Waals surface area contributed by atoms with Crippen LogP contribution in [0.1, 0.15) is 5.01 Å². The molecular formula is C16H14NOS+. The summed E-state index contributed by atoms with van der Waals surface area (Å²) in [4.78, 5) is 0. The number of para-hydroxylation sites is 2. The predicted octanol–water partition coefficient (Wildman–Crippen LogP) is 3.78. The summed E-state index contributed by atoms with van der Waals surface area (Å²) >= 11 is 1.76. The predicted molar refractivity (Wildman–Crippen MR) is 79.1 cm³/mol. The van der Waals surface area contributed by atoms with E-state index in [9.17, 15) is 0 Å². The lowest BCUT2D eigenvalue weighted by Crippen LogP contribution is -2.28. The van der Waals surface area contributed by atoms with E-state index in [2.05, 4.69) is 35.9 Å². The molecule has 3 heteroatoms. The minimum Gasteiger partial charge on any atom is -0.465 e. The number of ether oxygens (including phenoxy) is 1. The van der Waals surface area contributed by atoms with Gasteiger partial charge >= 0.3 is 0 Å². The van der Waals surface area contributed by atoms with E-state index in [-0.39, 0.29) is 0 Å². The maximum Gasteiger partial charge on any atom is 0.265 e. The van der Waals surface area contributed by atoms with Crippen molar-refractivity contribution in [1.29, 1.82) is 0 Å². The first-order valence-electron chi connectivity index (χ1n) is 6.10. The number of aromatic nitrogens is 1. The maximum atomic E-state index is 5.57. The summed E-state index contributed by atoms with van der Waals surface area (Å²) in [5.41, 5.74) is 1.24. The normalized spacial score (nSPS) is 11.2. The topological polar surface area (TPSA) is 13.1 Å². The van der Waals surface area contributed by atoms with Crippen LogP contribution in [0.4, 0.5) is 0 Å². The number of rotatable bonds is 3. The van der Waals surface area contributed by atoms with E-state index < -0.39 is 0 Å². The van der Waals surface area contributed by atoms with Gasteiger partial charge in [-0.15, -0.1) is 0 Å². The average molecular weight is 268 g/mol. The molecular weight excluding hydrogens is 254 g/mol. The summed E-state index contributed by atoms with van der Waals surface area (Å²) in [6, 6.07) is 18.2. The first-order valence-corrected chi connectivity index (χ1v) is 6.92. The highest BCUT2D eigenvalue weighted by Gasteiger charge is 2.13. The standard InChI is InChI=1S/C16H14NOS/c1-17-14-9-5-6-10-15(14)19-16(17)11-12-18-13-7-3-2-4-8-13/h2-12H,1H3/q+1. The number of hydrogen-bond acceptors (Lipinski definition) is 2. The third-order valence-corrected chi connectivity index (χ3v) is 4.11. The Hall–Kier alpha value is -2.13. The molecule has 0 aliphatic heterocycles. The minimum absolute atomic E-state index is 0.850. The van der Waals surface area contributed by atoms with Crippen molar-refractivity contribution in [2.45, 2.75) is 0 Å². The molecule has 0 aliphatic rings. The van der Waals surface area contributed by atoms with Crippen LogP contribution < -0.4 is 9.30 Å². The molecule has 0 fully saturated rings. The molecule has 0 saturated heterocycles. The largest absolute Gasteiger partial charge is 0.465 e. The molecule has 0 amide bonds. The highest BCUT2D eigenvalue weighted by molar-refractivity contribution is 7.18. The van der Waals surface area contributed by atoms with Crippen LogP contribution in [0, 0.1) is 0 Å². The first-order chi connectivity index (χ1) is 9.34. The van der Waals surface area contributed by atoms with Crippen molar-refractivity contribution in [1.82, 2.24) is 0 Å². The van der Waals surface area contributed by atoms with Gasteiger partial charge in [-0.25, -0.2) is 0 Å². The summed E-state index contributed by atoms with van der Waals surface area (Å²) in [6.45, 7) is 0. The summed E-state index contributed by atoms with van der Waals surface area (Å²) in [6.07, 6.45) is 3.73. The molecule has 3 rings (SSSR count). The van der Waals surface area contributed by atoms with E-state index in [1.165, 1.54) is 10.2 Å². The molecule has 19 heavy (non-hydrogen) atoms. The monoisotopic (exact) mass is 268 g/mol. The lowest BCUT2D eigenvalue weighted by molar-refractivity contribution is -0.642. The van der Waals surface area contributed by atoms with Crippen molar-refractivity contribution in [2.24, 2.45) is 7.05 Å². The Labute approximate surface area is 116 Å². The second-order valence-corrected chi connectivity index (χ2v) is 5.26. The number of thiazole rings is 1. The molecule has 0 spiro atoms. The van der Waals surface area contributed by atoms with Crippen LogP contribution in [-0.4, -0.2) is 0 Å². The van der Waals surface area contributed by atoms with Crippen LogP contribution >= 0.6 is 11.3 Å². The van der Waals surface area contributed by atoms with Crippen LogP contribution in [0.3, 0.4) is 0 Å². The number of fused-ring (bicyclic) bond motifs is 1. The van der Waals surface area contributed by atoms with Crippen molar-refractivity contribution < 1.29 is 9.30 Å². The van der Waals surface area contributed by atoms with E-state index in [0.29, 0.717) is 0 Å². The number of hydrogen-bond donors (Lipinski definition) is 0. The van der Waals surface area contributed by atoms with Gasteiger partial charge in [-0.3, -0.25) is 0 Å². The van der Waals surface area contributed by atoms with E-state index in [1.54, 1.807) is 17.6 Å². The Morgan fingerprint density at radius 2 is 1.74 bits per heavy atom. The van der Waals surface area contributed by atoms with Crippen molar-refractivity contribution in [2.75, 3.05) is 0 Å². The lowest BCUT2D eigenvalue weighted by atomic mass is 10.3. The van der Waals surface area contributed by atoms with Gasteiger partial charge in [-0.05, 0) is 18.2 Å². The van der Waals surface area contributed by atoms with Gasteiger partial charge in [0, 0.05) is 6.07 Å². The summed E-state index contributed by atoms with van der Waals surface area (Å²) in [5, 5.41) is 1.16. The first kappa shape index (κ1) is 11.9.